The smallest absolute Gasteiger partial charge is 0.443 e. The predicted octanol–water partition coefficient (Wildman–Crippen LogP) is 7.83. The number of imide groups is 1. The second-order valence-corrected chi connectivity index (χ2v) is 17.9. The van der Waals surface area contributed by atoms with Crippen molar-refractivity contribution < 1.29 is 47.4 Å². The van der Waals surface area contributed by atoms with Crippen molar-refractivity contribution in [1.29, 1.82) is 0 Å². The van der Waals surface area contributed by atoms with Gasteiger partial charge in [0.25, 0.3) is 0 Å². The van der Waals surface area contributed by atoms with Crippen molar-refractivity contribution in [3.8, 4) is 0 Å². The third-order valence-corrected chi connectivity index (χ3v) is 8.37. The van der Waals surface area contributed by atoms with E-state index in [1.807, 2.05) is 51.3 Å². The van der Waals surface area contributed by atoms with E-state index in [4.69, 9.17) is 43.0 Å². The van der Waals surface area contributed by atoms with Gasteiger partial charge in [0.05, 0.1) is 28.8 Å². The standard InChI is InChI=1S/C38H57BN4O10/c1-17-47-21-26-41-27-28(42(26)22-36(11,12)51-32(46)50-35(8,9)10)24-19-18-23(39-52-37(13,14)38(15,16)53-39)20-25(24)40-29(27)43(30(44)48-33(2,3)4)31(45)49-34(5,6)7/h18-20H,17,21-22H2,1-16H3. The van der Waals surface area contributed by atoms with Gasteiger partial charge in [-0.15, -0.1) is 0 Å². The minimum atomic E-state index is -1.13. The van der Waals surface area contributed by atoms with Crippen molar-refractivity contribution in [3.63, 3.8) is 0 Å². The Morgan fingerprint density at radius 1 is 0.792 bits per heavy atom. The first-order chi connectivity index (χ1) is 24.0. The third-order valence-electron chi connectivity index (χ3n) is 8.37. The van der Waals surface area contributed by atoms with Gasteiger partial charge < -0.3 is 37.6 Å². The van der Waals surface area contributed by atoms with Crippen LogP contribution in [0.2, 0.25) is 0 Å². The first-order valence-corrected chi connectivity index (χ1v) is 18.0. The Kier molecular flexibility index (Phi) is 11.3. The molecule has 1 aromatic carbocycles. The molecule has 1 saturated heterocycles. The van der Waals surface area contributed by atoms with Gasteiger partial charge >= 0.3 is 25.5 Å². The van der Waals surface area contributed by atoms with Crippen LogP contribution in [0, 0.1) is 0 Å². The quantitative estimate of drug-likeness (QED) is 0.126. The normalized spacial score (nSPS) is 16.2. The average molecular weight is 741 g/mol. The van der Waals surface area contributed by atoms with E-state index in [0.29, 0.717) is 34.3 Å². The van der Waals surface area contributed by atoms with Crippen LogP contribution < -0.4 is 10.4 Å². The highest BCUT2D eigenvalue weighted by Crippen LogP contribution is 2.38. The summed E-state index contributed by atoms with van der Waals surface area (Å²) in [6.07, 6.45) is -2.84. The Balaban J connectivity index is 2.05. The number of ether oxygens (including phenoxy) is 5. The molecule has 1 fully saturated rings. The summed E-state index contributed by atoms with van der Waals surface area (Å²) in [5.41, 5.74) is -3.30. The number of aromatic nitrogens is 3. The number of rotatable bonds is 8. The summed E-state index contributed by atoms with van der Waals surface area (Å²) in [4.78, 5) is 51.5. The number of pyridine rings is 1. The zero-order chi connectivity index (χ0) is 40.1. The Bertz CT molecular complexity index is 1820. The molecule has 1 aliphatic heterocycles. The van der Waals surface area contributed by atoms with E-state index >= 15 is 0 Å². The molecule has 2 amide bonds. The van der Waals surface area contributed by atoms with E-state index < -0.39 is 59.1 Å². The summed E-state index contributed by atoms with van der Waals surface area (Å²) in [5, 5.41) is 0.626. The number of amides is 2. The van der Waals surface area contributed by atoms with E-state index in [9.17, 15) is 14.4 Å². The average Bonchev–Trinajstić information content (AvgIpc) is 3.40. The van der Waals surface area contributed by atoms with E-state index in [0.717, 1.165) is 4.90 Å². The lowest BCUT2D eigenvalue weighted by atomic mass is 9.78. The number of anilines is 1. The van der Waals surface area contributed by atoms with Crippen molar-refractivity contribution in [1.82, 2.24) is 14.5 Å². The lowest BCUT2D eigenvalue weighted by Crippen LogP contribution is -2.44. The Labute approximate surface area is 313 Å². The van der Waals surface area contributed by atoms with Crippen LogP contribution in [0.1, 0.15) is 117 Å². The van der Waals surface area contributed by atoms with Gasteiger partial charge in [-0.3, -0.25) is 0 Å². The molecule has 4 rings (SSSR count). The topological polar surface area (TPSA) is 150 Å². The number of fused-ring (bicyclic) bond motifs is 3. The molecule has 0 radical (unpaired) electrons. The highest BCUT2D eigenvalue weighted by atomic mass is 16.7. The number of hydrogen-bond acceptors (Lipinski definition) is 12. The maximum absolute atomic E-state index is 14.0. The molecule has 53 heavy (non-hydrogen) atoms. The molecule has 0 atom stereocenters. The number of carbonyl (C=O) groups excluding carboxylic acids is 3. The van der Waals surface area contributed by atoms with Gasteiger partial charge in [0.15, 0.2) is 5.82 Å². The fourth-order valence-electron chi connectivity index (χ4n) is 5.46. The van der Waals surface area contributed by atoms with Crippen LogP contribution in [0.3, 0.4) is 0 Å². The lowest BCUT2D eigenvalue weighted by molar-refractivity contribution is -0.0584. The molecule has 0 unspecified atom stereocenters. The molecule has 2 aromatic heterocycles. The summed E-state index contributed by atoms with van der Waals surface area (Å²) in [6.45, 7) is 29.2. The van der Waals surface area contributed by atoms with Gasteiger partial charge in [-0.25, -0.2) is 24.4 Å². The van der Waals surface area contributed by atoms with Crippen molar-refractivity contribution in [2.24, 2.45) is 0 Å². The van der Waals surface area contributed by atoms with Gasteiger partial charge in [-0.2, -0.15) is 4.90 Å². The van der Waals surface area contributed by atoms with Crippen molar-refractivity contribution in [3.05, 3.63) is 24.0 Å². The highest BCUT2D eigenvalue weighted by molar-refractivity contribution is 6.62. The maximum Gasteiger partial charge on any atom is 0.509 e. The van der Waals surface area contributed by atoms with Crippen LogP contribution >= 0.6 is 0 Å². The van der Waals surface area contributed by atoms with Crippen LogP contribution in [0.25, 0.3) is 21.9 Å². The molecule has 1 aliphatic rings. The summed E-state index contributed by atoms with van der Waals surface area (Å²) in [5.74, 6) is 0.311. The molecule has 0 spiro atoms. The van der Waals surface area contributed by atoms with Crippen LogP contribution in [-0.4, -0.2) is 80.2 Å². The molecule has 14 nitrogen and oxygen atoms in total. The second-order valence-electron chi connectivity index (χ2n) is 17.9. The monoisotopic (exact) mass is 740 g/mol. The molecule has 3 heterocycles. The van der Waals surface area contributed by atoms with E-state index in [1.165, 1.54) is 0 Å². The minimum Gasteiger partial charge on any atom is -0.443 e. The first kappa shape index (κ1) is 41.8. The predicted molar refractivity (Wildman–Crippen MR) is 202 cm³/mol. The summed E-state index contributed by atoms with van der Waals surface area (Å²) in [6, 6.07) is 5.54. The SMILES string of the molecule is CCOCc1nc2c(N(C(=O)OC(C)(C)C)C(=O)OC(C)(C)C)nc3cc(B4OC(C)(C)C(C)(C)O4)ccc3c2n1CC(C)(C)OC(=O)OC(C)(C)C. The molecule has 0 N–H and O–H groups in total. The Morgan fingerprint density at radius 3 is 1.81 bits per heavy atom. The number of carbonyl (C=O) groups is 3. The van der Waals surface area contributed by atoms with Crippen molar-refractivity contribution >= 4 is 58.7 Å². The van der Waals surface area contributed by atoms with E-state index in [-0.39, 0.29) is 24.5 Å². The van der Waals surface area contributed by atoms with Crippen molar-refractivity contribution in [2.45, 2.75) is 158 Å². The zero-order valence-electron chi connectivity index (χ0n) is 34.3. The van der Waals surface area contributed by atoms with Gasteiger partial charge in [0.2, 0.25) is 0 Å². The number of nitrogens with zero attached hydrogens (tertiary/aromatic N) is 4. The Morgan fingerprint density at radius 2 is 1.32 bits per heavy atom. The zero-order valence-corrected chi connectivity index (χ0v) is 34.3. The molecule has 292 valence electrons. The lowest BCUT2D eigenvalue weighted by Gasteiger charge is -2.32. The summed E-state index contributed by atoms with van der Waals surface area (Å²) >= 11 is 0. The van der Waals surface area contributed by atoms with E-state index in [2.05, 4.69) is 0 Å². The molecule has 3 aromatic rings. The first-order valence-electron chi connectivity index (χ1n) is 18.0. The fourth-order valence-corrected chi connectivity index (χ4v) is 5.46. The van der Waals surface area contributed by atoms with Crippen LogP contribution in [0.5, 0.6) is 0 Å². The van der Waals surface area contributed by atoms with Gasteiger partial charge in [-0.1, -0.05) is 12.1 Å². The molecule has 0 saturated carbocycles. The second kappa shape index (κ2) is 14.4. The fraction of sp³-hybridized carbons (Fsp3) is 0.658. The van der Waals surface area contributed by atoms with Gasteiger partial charge in [0, 0.05) is 12.0 Å². The molecular weight excluding hydrogens is 683 g/mol. The summed E-state index contributed by atoms with van der Waals surface area (Å²) < 4.78 is 43.2. The van der Waals surface area contributed by atoms with Crippen LogP contribution in [0.15, 0.2) is 18.2 Å². The molecule has 0 bridgehead atoms. The molecule has 15 heteroatoms. The Hall–Kier alpha value is -3.95. The minimum absolute atomic E-state index is 0.0551. The highest BCUT2D eigenvalue weighted by Gasteiger charge is 2.52. The summed E-state index contributed by atoms with van der Waals surface area (Å²) in [7, 11) is -0.724. The maximum atomic E-state index is 14.0. The largest absolute Gasteiger partial charge is 0.509 e. The molecule has 0 aliphatic carbocycles. The van der Waals surface area contributed by atoms with Gasteiger partial charge in [-0.05, 0) is 122 Å². The number of hydrogen-bond donors (Lipinski definition) is 0. The van der Waals surface area contributed by atoms with Gasteiger partial charge in [0.1, 0.15) is 40.4 Å². The third kappa shape index (κ3) is 9.98. The van der Waals surface area contributed by atoms with Crippen molar-refractivity contribution in [2.75, 3.05) is 11.5 Å². The van der Waals surface area contributed by atoms with Crippen LogP contribution in [-0.2, 0) is 46.1 Å². The van der Waals surface area contributed by atoms with Crippen LogP contribution in [0.4, 0.5) is 20.2 Å². The molecular formula is C38H57BN4O10. The number of benzene rings is 1. The van der Waals surface area contributed by atoms with E-state index in [1.54, 1.807) is 82.2 Å². The number of imidazole rings is 1.